The number of carbonyl (C=O) groups excluding carboxylic acids is 2. The van der Waals surface area contributed by atoms with E-state index in [9.17, 15) is 9.59 Å². The van der Waals surface area contributed by atoms with Crippen molar-refractivity contribution < 1.29 is 23.8 Å². The zero-order valence-electron chi connectivity index (χ0n) is 17.6. The maximum absolute atomic E-state index is 14.1. The van der Waals surface area contributed by atoms with E-state index in [0.29, 0.717) is 18.8 Å². The molecule has 6 rings (SSSR count). The van der Waals surface area contributed by atoms with Crippen LogP contribution in [0.25, 0.3) is 0 Å². The molecule has 6 heteroatoms. The van der Waals surface area contributed by atoms with Crippen LogP contribution in [-0.2, 0) is 23.8 Å². The number of hydrogen-bond acceptors (Lipinski definition) is 6. The molecular formula is C23H31NO5. The van der Waals surface area contributed by atoms with Gasteiger partial charge in [-0.1, -0.05) is 26.0 Å². The highest BCUT2D eigenvalue weighted by atomic mass is 16.7. The van der Waals surface area contributed by atoms with Gasteiger partial charge in [0.05, 0.1) is 6.04 Å². The summed E-state index contributed by atoms with van der Waals surface area (Å²) in [5.41, 5.74) is -1.83. The summed E-state index contributed by atoms with van der Waals surface area (Å²) in [5.74, 6) is 0.0574. The van der Waals surface area contributed by atoms with Crippen LogP contribution in [0.3, 0.4) is 0 Å². The molecule has 2 aliphatic heterocycles. The maximum atomic E-state index is 14.1. The number of likely N-dealkylation sites (N-methyl/N-ethyl adjacent to an activating group) is 1. The molecule has 7 bridgehead atoms. The third-order valence-electron chi connectivity index (χ3n) is 9.61. The number of likely N-dealkylation sites (tertiary alicyclic amines) is 1. The summed E-state index contributed by atoms with van der Waals surface area (Å²) in [6.45, 7) is 8.19. The van der Waals surface area contributed by atoms with Gasteiger partial charge in [-0.25, -0.2) is 0 Å². The number of rotatable bonds is 2. The minimum atomic E-state index is -0.892. The Morgan fingerprint density at radius 1 is 1.34 bits per heavy atom. The maximum Gasteiger partial charge on any atom is 0.302 e. The summed E-state index contributed by atoms with van der Waals surface area (Å²) in [6, 6.07) is 0.0489. The summed E-state index contributed by atoms with van der Waals surface area (Å²) >= 11 is 0. The van der Waals surface area contributed by atoms with E-state index in [2.05, 4.69) is 30.9 Å². The normalized spacial score (nSPS) is 54.8. The average Bonchev–Trinajstić information content (AvgIpc) is 3.09. The zero-order chi connectivity index (χ0) is 20.2. The molecule has 29 heavy (non-hydrogen) atoms. The Morgan fingerprint density at radius 2 is 2.17 bits per heavy atom. The van der Waals surface area contributed by atoms with Gasteiger partial charge in [0.25, 0.3) is 0 Å². The van der Waals surface area contributed by atoms with E-state index in [1.807, 2.05) is 0 Å². The smallest absolute Gasteiger partial charge is 0.302 e. The number of nitrogens with zero attached hydrogens (tertiary/aromatic N) is 1. The molecule has 0 radical (unpaired) electrons. The van der Waals surface area contributed by atoms with Gasteiger partial charge in [-0.2, -0.15) is 0 Å². The highest BCUT2D eigenvalue weighted by Gasteiger charge is 2.87. The first-order chi connectivity index (χ1) is 13.9. The summed E-state index contributed by atoms with van der Waals surface area (Å²) in [6.07, 6.45) is 8.02. The van der Waals surface area contributed by atoms with Crippen molar-refractivity contribution in [3.8, 4) is 0 Å². The number of ketones is 1. The number of esters is 1. The van der Waals surface area contributed by atoms with Crippen LogP contribution < -0.4 is 0 Å². The van der Waals surface area contributed by atoms with Gasteiger partial charge in [0.1, 0.15) is 18.5 Å². The molecular weight excluding hydrogens is 370 g/mol. The van der Waals surface area contributed by atoms with E-state index in [1.54, 1.807) is 0 Å². The van der Waals surface area contributed by atoms with Crippen molar-refractivity contribution in [2.75, 3.05) is 19.9 Å². The number of piperidine rings is 1. The number of Topliss-reactive ketones (excluding diaryl/α,β-unsaturated/α-hetero) is 1. The first-order valence-electron chi connectivity index (χ1n) is 11.2. The molecule has 158 valence electrons. The van der Waals surface area contributed by atoms with Crippen LogP contribution in [0.4, 0.5) is 0 Å². The fraction of sp³-hybridized carbons (Fsp3) is 0.826. The quantitative estimate of drug-likeness (QED) is 0.523. The molecule has 0 N–H and O–H groups in total. The van der Waals surface area contributed by atoms with Crippen molar-refractivity contribution in [1.29, 1.82) is 0 Å². The van der Waals surface area contributed by atoms with Gasteiger partial charge >= 0.3 is 5.97 Å². The van der Waals surface area contributed by atoms with Crippen LogP contribution in [-0.4, -0.2) is 59.9 Å². The van der Waals surface area contributed by atoms with E-state index in [4.69, 9.17) is 14.2 Å². The Kier molecular flexibility index (Phi) is 3.52. The Bertz CT molecular complexity index is 826. The fourth-order valence-electron chi connectivity index (χ4n) is 8.90. The molecule has 0 aromatic carbocycles. The Morgan fingerprint density at radius 3 is 2.93 bits per heavy atom. The summed E-state index contributed by atoms with van der Waals surface area (Å²) in [7, 11) is 0. The molecule has 4 aliphatic carbocycles. The zero-order valence-corrected chi connectivity index (χ0v) is 17.6. The van der Waals surface area contributed by atoms with Crippen LogP contribution >= 0.6 is 0 Å². The van der Waals surface area contributed by atoms with Crippen molar-refractivity contribution >= 4 is 11.8 Å². The number of ether oxygens (including phenoxy) is 3. The van der Waals surface area contributed by atoms with Crippen LogP contribution in [0.5, 0.6) is 0 Å². The van der Waals surface area contributed by atoms with E-state index in [-0.39, 0.29) is 42.0 Å². The second-order valence-electron chi connectivity index (χ2n) is 10.5. The molecule has 2 saturated heterocycles. The fourth-order valence-corrected chi connectivity index (χ4v) is 8.90. The van der Waals surface area contributed by atoms with Gasteiger partial charge in [-0.15, -0.1) is 0 Å². The van der Waals surface area contributed by atoms with Crippen LogP contribution in [0, 0.1) is 22.7 Å². The van der Waals surface area contributed by atoms with Crippen LogP contribution in [0.2, 0.25) is 0 Å². The van der Waals surface area contributed by atoms with Crippen molar-refractivity contribution in [2.24, 2.45) is 22.7 Å². The molecule has 3 spiro atoms. The monoisotopic (exact) mass is 401 g/mol. The number of allylic oxidation sites excluding steroid dienone is 1. The summed E-state index contributed by atoms with van der Waals surface area (Å²) in [5, 5.41) is 0. The number of carbonyl (C=O) groups is 2. The molecule has 3 saturated carbocycles. The molecule has 6 nitrogen and oxygen atoms in total. The SMILES string of the molecule is CCN1C[C@]2(C)CC[C@H](OC(C)=O)[C@@]34[C@@H]5CC=CC[C@@]6(OCO[C@]6(C[C@H]23)[C@@H]14)C5=O. The van der Waals surface area contributed by atoms with Crippen molar-refractivity contribution in [3.05, 3.63) is 12.2 Å². The lowest BCUT2D eigenvalue weighted by Crippen LogP contribution is -2.79. The minimum Gasteiger partial charge on any atom is -0.462 e. The second-order valence-corrected chi connectivity index (χ2v) is 10.5. The topological polar surface area (TPSA) is 65.1 Å². The largest absolute Gasteiger partial charge is 0.462 e. The molecule has 0 aromatic heterocycles. The Balaban J connectivity index is 1.66. The van der Waals surface area contributed by atoms with Gasteiger partial charge in [-0.05, 0) is 43.6 Å². The third kappa shape index (κ3) is 1.79. The summed E-state index contributed by atoms with van der Waals surface area (Å²) in [4.78, 5) is 28.8. The van der Waals surface area contributed by atoms with Crippen molar-refractivity contribution in [1.82, 2.24) is 4.90 Å². The lowest BCUT2D eigenvalue weighted by atomic mass is 9.44. The van der Waals surface area contributed by atoms with Crippen LogP contribution in [0.15, 0.2) is 12.2 Å². The predicted octanol–water partition coefficient (Wildman–Crippen LogP) is 2.46. The minimum absolute atomic E-state index is 0.0489. The van der Waals surface area contributed by atoms with E-state index in [0.717, 1.165) is 32.4 Å². The van der Waals surface area contributed by atoms with Gasteiger partial charge in [-0.3, -0.25) is 14.5 Å². The lowest BCUT2D eigenvalue weighted by molar-refractivity contribution is -0.241. The molecule has 5 fully saturated rings. The lowest BCUT2D eigenvalue weighted by Gasteiger charge is -2.67. The first-order valence-corrected chi connectivity index (χ1v) is 11.2. The number of hydrogen-bond donors (Lipinski definition) is 0. The van der Waals surface area contributed by atoms with Crippen molar-refractivity contribution in [2.45, 2.75) is 76.2 Å². The van der Waals surface area contributed by atoms with E-state index >= 15 is 0 Å². The molecule has 2 heterocycles. The van der Waals surface area contributed by atoms with E-state index < -0.39 is 16.6 Å². The Hall–Kier alpha value is -1.24. The highest BCUT2D eigenvalue weighted by molar-refractivity contribution is 5.95. The predicted molar refractivity (Wildman–Crippen MR) is 104 cm³/mol. The standard InChI is InChI=1S/C23H31NO5/c1-4-24-12-20(3)10-8-17(29-14(2)25)23-15-7-5-6-9-21(18(15)26)22(19(23)24,11-16(20)23)28-13-27-21/h5-6,15-17,19H,4,7-13H2,1-3H3/t15-,16-,17+,19-,20+,21-,22-,23-/m1/s1. The van der Waals surface area contributed by atoms with E-state index in [1.165, 1.54) is 6.92 Å². The summed E-state index contributed by atoms with van der Waals surface area (Å²) < 4.78 is 18.8. The van der Waals surface area contributed by atoms with Crippen molar-refractivity contribution in [3.63, 3.8) is 0 Å². The molecule has 0 unspecified atom stereocenters. The molecule has 6 aliphatic rings. The van der Waals surface area contributed by atoms with Gasteiger partial charge in [0, 0.05) is 31.2 Å². The van der Waals surface area contributed by atoms with Gasteiger partial charge in [0.2, 0.25) is 0 Å². The van der Waals surface area contributed by atoms with Crippen LogP contribution in [0.1, 0.15) is 52.9 Å². The second kappa shape index (κ2) is 5.51. The third-order valence-corrected chi connectivity index (χ3v) is 9.61. The average molecular weight is 402 g/mol. The molecule has 8 atom stereocenters. The molecule has 0 aromatic rings. The Labute approximate surface area is 171 Å². The van der Waals surface area contributed by atoms with Gasteiger partial charge in [0.15, 0.2) is 11.4 Å². The highest BCUT2D eigenvalue weighted by Crippen LogP contribution is 2.77. The first kappa shape index (κ1) is 18.5. The molecule has 0 amide bonds. The number of fused-ring (bicyclic) bond motifs is 1. The van der Waals surface area contributed by atoms with Gasteiger partial charge < -0.3 is 14.2 Å².